The fourth-order valence-corrected chi connectivity index (χ4v) is 5.42. The highest BCUT2D eigenvalue weighted by atomic mass is 19.1. The molecule has 0 saturated heterocycles. The van der Waals surface area contributed by atoms with E-state index in [0.717, 1.165) is 34.9 Å². The van der Waals surface area contributed by atoms with Gasteiger partial charge >= 0.3 is 0 Å². The van der Waals surface area contributed by atoms with Crippen LogP contribution in [0.25, 0.3) is 5.47 Å². The first kappa shape index (κ1) is 20.5. The van der Waals surface area contributed by atoms with E-state index in [-0.39, 0.29) is 17.5 Å². The summed E-state index contributed by atoms with van der Waals surface area (Å²) in [6.07, 6.45) is -0.753. The topological polar surface area (TPSA) is 0 Å². The molecule has 4 rings (SSSR count). The van der Waals surface area contributed by atoms with Gasteiger partial charge in [0.05, 0.1) is 0 Å². The zero-order valence-corrected chi connectivity index (χ0v) is 17.5. The second kappa shape index (κ2) is 7.48. The van der Waals surface area contributed by atoms with Gasteiger partial charge in [0.1, 0.15) is 17.5 Å². The standard InChI is InChI=1S/C25H25BF3N/c1-18-16-17-30(2,3)26(20-6-12-23(28)13-7-20,21-8-14-24(29)15-9-21)25(18)19-4-10-22(27)11-5-19/h4-15H,16-17H2,1-3H3. The zero-order valence-electron chi connectivity index (χ0n) is 17.5. The number of halogens is 3. The van der Waals surface area contributed by atoms with Gasteiger partial charge in [-0.2, -0.15) is 0 Å². The van der Waals surface area contributed by atoms with Crippen molar-refractivity contribution in [2.45, 2.75) is 13.3 Å². The number of rotatable bonds is 3. The number of quaternary nitrogens is 1. The lowest BCUT2D eigenvalue weighted by atomic mass is 9.19. The Morgan fingerprint density at radius 1 is 0.667 bits per heavy atom. The van der Waals surface area contributed by atoms with Crippen molar-refractivity contribution in [2.75, 3.05) is 20.6 Å². The van der Waals surface area contributed by atoms with E-state index in [1.165, 1.54) is 42.0 Å². The third-order valence-corrected chi connectivity index (χ3v) is 6.85. The van der Waals surface area contributed by atoms with Crippen LogP contribution in [0.3, 0.4) is 0 Å². The SMILES string of the molecule is CC1=C(c2ccc(F)cc2)[B-](c2ccc(F)cc2)(c2ccc(F)cc2)[N+](C)(C)CC1. The summed E-state index contributed by atoms with van der Waals surface area (Å²) in [7, 11) is 4.34. The van der Waals surface area contributed by atoms with Crippen LogP contribution < -0.4 is 10.9 Å². The first-order chi connectivity index (χ1) is 14.3. The Hall–Kier alpha value is -2.79. The molecule has 1 heterocycles. The van der Waals surface area contributed by atoms with Gasteiger partial charge in [-0.25, -0.2) is 13.2 Å². The predicted molar refractivity (Wildman–Crippen MR) is 118 cm³/mol. The van der Waals surface area contributed by atoms with Gasteiger partial charge in [-0.3, -0.25) is 0 Å². The fourth-order valence-electron chi connectivity index (χ4n) is 5.42. The van der Waals surface area contributed by atoms with E-state index in [2.05, 4.69) is 21.0 Å². The molecule has 30 heavy (non-hydrogen) atoms. The molecule has 0 radical (unpaired) electrons. The minimum absolute atomic E-state index is 0.289. The molecule has 1 aliphatic rings. The van der Waals surface area contributed by atoms with E-state index in [1.54, 1.807) is 0 Å². The van der Waals surface area contributed by atoms with E-state index >= 15 is 0 Å². The van der Waals surface area contributed by atoms with E-state index < -0.39 is 6.28 Å². The minimum Gasteiger partial charge on any atom is -0.509 e. The largest absolute Gasteiger partial charge is 0.509 e. The molecule has 0 fully saturated rings. The summed E-state index contributed by atoms with van der Waals surface area (Å²) in [5.74, 6) is -0.883. The average Bonchev–Trinajstić information content (AvgIpc) is 2.72. The molecule has 1 aliphatic heterocycles. The molecule has 5 heteroatoms. The van der Waals surface area contributed by atoms with E-state index in [4.69, 9.17) is 0 Å². The van der Waals surface area contributed by atoms with Crippen LogP contribution in [0.5, 0.6) is 0 Å². The molecule has 0 atom stereocenters. The van der Waals surface area contributed by atoms with Crippen LogP contribution in [0.4, 0.5) is 13.2 Å². The highest BCUT2D eigenvalue weighted by Crippen LogP contribution is 2.39. The van der Waals surface area contributed by atoms with Crippen LogP contribution in [0.1, 0.15) is 18.9 Å². The normalized spacial score (nSPS) is 17.8. The van der Waals surface area contributed by atoms with Crippen LogP contribution in [0, 0.1) is 17.5 Å². The lowest BCUT2D eigenvalue weighted by molar-refractivity contribution is -0.787. The Balaban J connectivity index is 2.12. The highest BCUT2D eigenvalue weighted by Gasteiger charge is 2.50. The maximum atomic E-state index is 13.9. The predicted octanol–water partition coefficient (Wildman–Crippen LogP) is 4.66. The van der Waals surface area contributed by atoms with Crippen LogP contribution >= 0.6 is 0 Å². The van der Waals surface area contributed by atoms with Crippen molar-refractivity contribution in [3.8, 4) is 0 Å². The second-order valence-corrected chi connectivity index (χ2v) is 8.88. The van der Waals surface area contributed by atoms with Crippen molar-refractivity contribution in [2.24, 2.45) is 0 Å². The molecule has 0 N–H and O–H groups in total. The minimum atomic E-state index is -1.65. The maximum absolute atomic E-state index is 13.9. The molecule has 0 bridgehead atoms. The summed E-state index contributed by atoms with van der Waals surface area (Å²) >= 11 is 0. The van der Waals surface area contributed by atoms with Gasteiger partial charge < -0.3 is 4.39 Å². The summed E-state index contributed by atoms with van der Waals surface area (Å²) < 4.78 is 42.1. The quantitative estimate of drug-likeness (QED) is 0.555. The van der Waals surface area contributed by atoms with Gasteiger partial charge in [-0.1, -0.05) is 47.5 Å². The van der Waals surface area contributed by atoms with Crippen LogP contribution in [-0.4, -0.2) is 31.3 Å². The van der Waals surface area contributed by atoms with E-state index in [1.807, 2.05) is 36.4 Å². The maximum Gasteiger partial charge on any atom is 0.291 e. The molecule has 1 nitrogen and oxygen atoms in total. The molecule has 3 aromatic carbocycles. The Bertz CT molecular complexity index is 1040. The lowest BCUT2D eigenvalue weighted by Gasteiger charge is -2.61. The Morgan fingerprint density at radius 2 is 1.07 bits per heavy atom. The molecule has 3 aromatic rings. The first-order valence-electron chi connectivity index (χ1n) is 10.2. The molecule has 0 aromatic heterocycles. The van der Waals surface area contributed by atoms with Gasteiger partial charge in [0, 0.05) is 27.1 Å². The molecular weight excluding hydrogens is 382 g/mol. The average molecular weight is 407 g/mol. The third-order valence-electron chi connectivity index (χ3n) is 6.85. The van der Waals surface area contributed by atoms with Crippen molar-refractivity contribution in [1.29, 1.82) is 0 Å². The first-order valence-corrected chi connectivity index (χ1v) is 10.2. The van der Waals surface area contributed by atoms with Gasteiger partial charge in [-0.05, 0) is 43.3 Å². The molecular formula is C25H25BF3N. The highest BCUT2D eigenvalue weighted by molar-refractivity contribution is 7.10. The number of benzene rings is 3. The zero-order chi connectivity index (χ0) is 21.5. The number of hydrogen-bond donors (Lipinski definition) is 0. The van der Waals surface area contributed by atoms with Crippen molar-refractivity contribution < 1.29 is 17.6 Å². The van der Waals surface area contributed by atoms with E-state index in [9.17, 15) is 13.2 Å². The van der Waals surface area contributed by atoms with Gasteiger partial charge in [-0.15, -0.1) is 16.4 Å². The van der Waals surface area contributed by atoms with Crippen molar-refractivity contribution >= 4 is 22.7 Å². The smallest absolute Gasteiger partial charge is 0.291 e. The summed E-state index contributed by atoms with van der Waals surface area (Å²) in [4.78, 5) is 0. The monoisotopic (exact) mass is 407 g/mol. The van der Waals surface area contributed by atoms with Gasteiger partial charge in [0.15, 0.2) is 0 Å². The lowest BCUT2D eigenvalue weighted by Crippen LogP contribution is -2.79. The van der Waals surface area contributed by atoms with Crippen LogP contribution in [0.2, 0.25) is 0 Å². The van der Waals surface area contributed by atoms with Gasteiger partial charge in [0.2, 0.25) is 0 Å². The summed E-state index contributed by atoms with van der Waals surface area (Å²) in [6, 6.07) is 19.8. The van der Waals surface area contributed by atoms with Crippen molar-refractivity contribution in [1.82, 2.24) is 0 Å². The summed E-state index contributed by atoms with van der Waals surface area (Å²) in [6.45, 7) is 2.99. The molecule has 0 aliphatic carbocycles. The number of hydrogen-bond acceptors (Lipinski definition) is 0. The molecule has 154 valence electrons. The van der Waals surface area contributed by atoms with E-state index in [0.29, 0.717) is 4.39 Å². The Kier molecular flexibility index (Phi) is 5.11. The van der Waals surface area contributed by atoms with Crippen LogP contribution in [-0.2, 0) is 0 Å². The Labute approximate surface area is 176 Å². The van der Waals surface area contributed by atoms with Crippen molar-refractivity contribution in [3.63, 3.8) is 0 Å². The van der Waals surface area contributed by atoms with Crippen molar-refractivity contribution in [3.05, 3.63) is 101 Å². The summed E-state index contributed by atoms with van der Waals surface area (Å²) in [5.41, 5.74) is 5.23. The molecule has 0 amide bonds. The second-order valence-electron chi connectivity index (χ2n) is 8.88. The van der Waals surface area contributed by atoms with Crippen LogP contribution in [0.15, 0.2) is 78.4 Å². The molecule has 0 spiro atoms. The summed E-state index contributed by atoms with van der Waals surface area (Å²) in [5, 5.41) is 0. The number of nitrogens with zero attached hydrogens (tertiary/aromatic N) is 1. The molecule has 0 unspecified atom stereocenters. The Morgan fingerprint density at radius 3 is 1.50 bits per heavy atom. The third kappa shape index (κ3) is 3.18. The van der Waals surface area contributed by atoms with Gasteiger partial charge in [0.25, 0.3) is 6.28 Å². The molecule has 0 saturated carbocycles. The fraction of sp³-hybridized carbons (Fsp3) is 0.200.